The number of hydrogen-bond donors (Lipinski definition) is 2. The van der Waals surface area contributed by atoms with Gasteiger partial charge in [0, 0.05) is 13.5 Å². The van der Waals surface area contributed by atoms with E-state index in [1.54, 1.807) is 6.07 Å². The van der Waals surface area contributed by atoms with E-state index in [0.29, 0.717) is 17.9 Å². The summed E-state index contributed by atoms with van der Waals surface area (Å²) in [6.07, 6.45) is -0.742. The average molecular weight is 285 g/mol. The predicted octanol–water partition coefficient (Wildman–Crippen LogP) is 2.44. The minimum atomic E-state index is -0.742. The van der Waals surface area contributed by atoms with Crippen molar-refractivity contribution in [3.63, 3.8) is 0 Å². The van der Waals surface area contributed by atoms with Crippen LogP contribution in [0.5, 0.6) is 5.75 Å². The molecule has 2 aromatic carbocycles. The molecule has 2 aromatic rings. The van der Waals surface area contributed by atoms with Gasteiger partial charge in [0.25, 0.3) is 0 Å². The van der Waals surface area contributed by atoms with Crippen molar-refractivity contribution in [2.45, 2.75) is 19.6 Å². The third kappa shape index (κ3) is 4.93. The second-order valence-corrected chi connectivity index (χ2v) is 4.80. The Kier molecular flexibility index (Phi) is 5.35. The number of rotatable bonds is 6. The van der Waals surface area contributed by atoms with Crippen LogP contribution in [0, 0.1) is 0 Å². The van der Waals surface area contributed by atoms with Crippen LogP contribution in [0.25, 0.3) is 0 Å². The van der Waals surface area contributed by atoms with Gasteiger partial charge in [-0.2, -0.15) is 0 Å². The first kappa shape index (κ1) is 15.1. The maximum atomic E-state index is 10.9. The van der Waals surface area contributed by atoms with Crippen molar-refractivity contribution in [2.75, 3.05) is 6.54 Å². The van der Waals surface area contributed by atoms with Gasteiger partial charge in [-0.05, 0) is 23.3 Å². The molecule has 4 nitrogen and oxygen atoms in total. The number of hydrogen-bond acceptors (Lipinski definition) is 3. The fourth-order valence-corrected chi connectivity index (χ4v) is 1.91. The molecule has 2 rings (SSSR count). The lowest BCUT2D eigenvalue weighted by molar-refractivity contribution is -0.119. The van der Waals surface area contributed by atoms with Crippen LogP contribution in [0.4, 0.5) is 0 Å². The van der Waals surface area contributed by atoms with Crippen LogP contribution in [-0.2, 0) is 11.4 Å². The molecule has 1 amide bonds. The number of ether oxygens (including phenoxy) is 1. The van der Waals surface area contributed by atoms with Gasteiger partial charge in [0.2, 0.25) is 5.91 Å². The molecule has 0 bridgehead atoms. The standard InChI is InChI=1S/C17H19NO3/c1-13(19)18-11-17(20)15-8-5-9-16(10-15)21-12-14-6-3-2-4-7-14/h2-10,17,20H,11-12H2,1H3,(H,18,19)/t17-/m1/s1. The Morgan fingerprint density at radius 3 is 2.67 bits per heavy atom. The summed E-state index contributed by atoms with van der Waals surface area (Å²) in [6.45, 7) is 2.09. The number of amides is 1. The van der Waals surface area contributed by atoms with Gasteiger partial charge in [0.1, 0.15) is 12.4 Å². The number of nitrogens with one attached hydrogen (secondary N) is 1. The Morgan fingerprint density at radius 1 is 1.19 bits per heavy atom. The van der Waals surface area contributed by atoms with Gasteiger partial charge in [-0.1, -0.05) is 42.5 Å². The minimum Gasteiger partial charge on any atom is -0.489 e. The van der Waals surface area contributed by atoms with Crippen LogP contribution in [0.1, 0.15) is 24.2 Å². The Balaban J connectivity index is 1.95. The summed E-state index contributed by atoms with van der Waals surface area (Å²) in [6, 6.07) is 17.1. The van der Waals surface area contributed by atoms with Crippen LogP contribution in [0.2, 0.25) is 0 Å². The van der Waals surface area contributed by atoms with Crippen molar-refractivity contribution >= 4 is 5.91 Å². The third-order valence-electron chi connectivity index (χ3n) is 3.04. The van der Waals surface area contributed by atoms with Gasteiger partial charge >= 0.3 is 0 Å². The second kappa shape index (κ2) is 7.45. The van der Waals surface area contributed by atoms with E-state index in [-0.39, 0.29) is 12.5 Å². The van der Waals surface area contributed by atoms with Gasteiger partial charge in [0.15, 0.2) is 0 Å². The van der Waals surface area contributed by atoms with E-state index in [4.69, 9.17) is 4.74 Å². The lowest BCUT2D eigenvalue weighted by Crippen LogP contribution is -2.25. The normalized spacial score (nSPS) is 11.7. The van der Waals surface area contributed by atoms with Crippen molar-refractivity contribution in [1.82, 2.24) is 5.32 Å². The van der Waals surface area contributed by atoms with E-state index < -0.39 is 6.10 Å². The fraction of sp³-hybridized carbons (Fsp3) is 0.235. The Labute approximate surface area is 124 Å². The summed E-state index contributed by atoms with van der Waals surface area (Å²) in [5, 5.41) is 12.6. The van der Waals surface area contributed by atoms with Crippen LogP contribution < -0.4 is 10.1 Å². The van der Waals surface area contributed by atoms with E-state index in [9.17, 15) is 9.90 Å². The summed E-state index contributed by atoms with van der Waals surface area (Å²) in [5.74, 6) is 0.531. The zero-order valence-corrected chi connectivity index (χ0v) is 12.0. The van der Waals surface area contributed by atoms with Gasteiger partial charge in [-0.25, -0.2) is 0 Å². The summed E-state index contributed by atoms with van der Waals surface area (Å²) >= 11 is 0. The largest absolute Gasteiger partial charge is 0.489 e. The van der Waals surface area contributed by atoms with Crippen LogP contribution >= 0.6 is 0 Å². The topological polar surface area (TPSA) is 58.6 Å². The monoisotopic (exact) mass is 285 g/mol. The third-order valence-corrected chi connectivity index (χ3v) is 3.04. The quantitative estimate of drug-likeness (QED) is 0.857. The molecule has 2 N–H and O–H groups in total. The maximum Gasteiger partial charge on any atom is 0.216 e. The Morgan fingerprint density at radius 2 is 1.95 bits per heavy atom. The van der Waals surface area contributed by atoms with Crippen LogP contribution in [0.15, 0.2) is 54.6 Å². The average Bonchev–Trinajstić information content (AvgIpc) is 2.52. The zero-order valence-electron chi connectivity index (χ0n) is 12.0. The molecule has 0 saturated heterocycles. The molecule has 0 heterocycles. The van der Waals surface area contributed by atoms with Crippen molar-refractivity contribution in [3.05, 3.63) is 65.7 Å². The van der Waals surface area contributed by atoms with Crippen molar-refractivity contribution in [1.29, 1.82) is 0 Å². The van der Waals surface area contributed by atoms with E-state index in [0.717, 1.165) is 5.56 Å². The number of benzene rings is 2. The molecule has 0 aliphatic carbocycles. The Hall–Kier alpha value is -2.33. The number of carbonyl (C=O) groups is 1. The second-order valence-electron chi connectivity index (χ2n) is 4.80. The molecular weight excluding hydrogens is 266 g/mol. The molecule has 0 fully saturated rings. The highest BCUT2D eigenvalue weighted by atomic mass is 16.5. The number of carbonyl (C=O) groups excluding carboxylic acids is 1. The molecule has 1 atom stereocenters. The van der Waals surface area contributed by atoms with Crippen molar-refractivity contribution in [3.8, 4) is 5.75 Å². The first-order chi connectivity index (χ1) is 10.1. The first-order valence-electron chi connectivity index (χ1n) is 6.84. The molecule has 0 unspecified atom stereocenters. The predicted molar refractivity (Wildman–Crippen MR) is 80.9 cm³/mol. The first-order valence-corrected chi connectivity index (χ1v) is 6.84. The SMILES string of the molecule is CC(=O)NC[C@@H](O)c1cccc(OCc2ccccc2)c1. The van der Waals surface area contributed by atoms with Crippen LogP contribution in [-0.4, -0.2) is 17.6 Å². The van der Waals surface area contributed by atoms with Crippen molar-refractivity contribution < 1.29 is 14.6 Å². The van der Waals surface area contributed by atoms with Gasteiger partial charge in [0.05, 0.1) is 6.10 Å². The Bertz CT molecular complexity index is 584. The van der Waals surface area contributed by atoms with Gasteiger partial charge < -0.3 is 15.2 Å². The lowest BCUT2D eigenvalue weighted by Gasteiger charge is -2.13. The lowest BCUT2D eigenvalue weighted by atomic mass is 10.1. The highest BCUT2D eigenvalue weighted by Crippen LogP contribution is 2.20. The molecule has 0 saturated carbocycles. The fourth-order valence-electron chi connectivity index (χ4n) is 1.91. The molecular formula is C17H19NO3. The minimum absolute atomic E-state index is 0.162. The molecule has 4 heteroatoms. The summed E-state index contributed by atoms with van der Waals surface area (Å²) in [7, 11) is 0. The number of aliphatic hydroxyl groups excluding tert-OH is 1. The summed E-state index contributed by atoms with van der Waals surface area (Å²) in [4.78, 5) is 10.9. The van der Waals surface area contributed by atoms with E-state index in [1.165, 1.54) is 6.92 Å². The number of aliphatic hydroxyl groups is 1. The molecule has 0 spiro atoms. The van der Waals surface area contributed by atoms with E-state index in [2.05, 4.69) is 5.32 Å². The van der Waals surface area contributed by atoms with Crippen molar-refractivity contribution in [2.24, 2.45) is 0 Å². The van der Waals surface area contributed by atoms with Gasteiger partial charge in [-0.3, -0.25) is 4.79 Å². The molecule has 0 radical (unpaired) electrons. The summed E-state index contributed by atoms with van der Waals surface area (Å²) < 4.78 is 5.71. The van der Waals surface area contributed by atoms with E-state index in [1.807, 2.05) is 48.5 Å². The molecule has 0 aliphatic rings. The van der Waals surface area contributed by atoms with E-state index >= 15 is 0 Å². The zero-order chi connectivity index (χ0) is 15.1. The molecule has 21 heavy (non-hydrogen) atoms. The van der Waals surface area contributed by atoms with Crippen LogP contribution in [0.3, 0.4) is 0 Å². The van der Waals surface area contributed by atoms with Gasteiger partial charge in [-0.15, -0.1) is 0 Å². The summed E-state index contributed by atoms with van der Waals surface area (Å²) in [5.41, 5.74) is 1.80. The molecule has 110 valence electrons. The smallest absolute Gasteiger partial charge is 0.216 e. The molecule has 0 aliphatic heterocycles. The highest BCUT2D eigenvalue weighted by Gasteiger charge is 2.09. The molecule has 0 aromatic heterocycles. The maximum absolute atomic E-state index is 10.9. The highest BCUT2D eigenvalue weighted by molar-refractivity contribution is 5.72.